The Balaban J connectivity index is 1.93. The molecule has 1 fully saturated rings. The molecule has 1 aliphatic rings. The van der Waals surface area contributed by atoms with Crippen molar-refractivity contribution in [3.05, 3.63) is 27.7 Å². The van der Waals surface area contributed by atoms with Crippen LogP contribution in [0.2, 0.25) is 0 Å². The minimum Gasteiger partial charge on any atom is -0.465 e. The summed E-state index contributed by atoms with van der Waals surface area (Å²) >= 11 is 3.48. The molecule has 0 aromatic heterocycles. The van der Waals surface area contributed by atoms with Crippen molar-refractivity contribution in [2.75, 3.05) is 12.4 Å². The Kier molecular flexibility index (Phi) is 7.97. The van der Waals surface area contributed by atoms with Gasteiger partial charge in [0, 0.05) is 22.2 Å². The van der Waals surface area contributed by atoms with E-state index < -0.39 is 5.60 Å². The molecule has 0 radical (unpaired) electrons. The Morgan fingerprint density at radius 2 is 1.79 bits per heavy atom. The van der Waals surface area contributed by atoms with Gasteiger partial charge >= 0.3 is 12.1 Å². The second-order valence-corrected chi connectivity index (χ2v) is 9.72. The van der Waals surface area contributed by atoms with E-state index in [1.165, 1.54) is 7.11 Å². The van der Waals surface area contributed by atoms with Crippen LogP contribution in [0.5, 0.6) is 0 Å². The van der Waals surface area contributed by atoms with E-state index in [4.69, 9.17) is 9.47 Å². The maximum atomic E-state index is 12.0. The summed E-state index contributed by atoms with van der Waals surface area (Å²) in [6.07, 6.45) is 3.56. The molecule has 6 nitrogen and oxygen atoms in total. The molecule has 2 N–H and O–H groups in total. The third kappa shape index (κ3) is 6.91. The van der Waals surface area contributed by atoms with Crippen molar-refractivity contribution in [1.29, 1.82) is 0 Å². The minimum atomic E-state index is -0.482. The van der Waals surface area contributed by atoms with E-state index in [0.717, 1.165) is 41.4 Å². The maximum Gasteiger partial charge on any atom is 0.407 e. The van der Waals surface area contributed by atoms with E-state index in [2.05, 4.69) is 33.5 Å². The van der Waals surface area contributed by atoms with Gasteiger partial charge in [-0.2, -0.15) is 0 Å². The highest BCUT2D eigenvalue weighted by atomic mass is 79.9. The summed E-state index contributed by atoms with van der Waals surface area (Å²) in [5, 5.41) is 6.57. The zero-order chi connectivity index (χ0) is 21.8. The lowest BCUT2D eigenvalue weighted by molar-refractivity contribution is 0.0485. The van der Waals surface area contributed by atoms with E-state index in [9.17, 15) is 9.59 Å². The quantitative estimate of drug-likeness (QED) is 0.563. The largest absolute Gasteiger partial charge is 0.465 e. The number of anilines is 1. The molecule has 1 aromatic rings. The summed E-state index contributed by atoms with van der Waals surface area (Å²) in [7, 11) is 1.39. The molecule has 162 valence electrons. The predicted octanol–water partition coefficient (Wildman–Crippen LogP) is 5.43. The normalized spacial score (nSPS) is 20.5. The monoisotopic (exact) mass is 468 g/mol. The van der Waals surface area contributed by atoms with Crippen molar-refractivity contribution in [3.63, 3.8) is 0 Å². The molecule has 2 rings (SSSR count). The lowest BCUT2D eigenvalue weighted by Gasteiger charge is -2.34. The zero-order valence-corrected chi connectivity index (χ0v) is 19.8. The topological polar surface area (TPSA) is 76.7 Å². The third-order valence-corrected chi connectivity index (χ3v) is 5.82. The molecule has 0 spiro atoms. The number of methoxy groups -OCH3 is 1. The van der Waals surface area contributed by atoms with Crippen molar-refractivity contribution in [1.82, 2.24) is 5.32 Å². The van der Waals surface area contributed by atoms with Crippen LogP contribution in [0.1, 0.15) is 69.3 Å². The number of benzene rings is 1. The third-order valence-electron chi connectivity index (χ3n) is 5.36. The van der Waals surface area contributed by atoms with E-state index in [1.807, 2.05) is 33.8 Å². The summed E-state index contributed by atoms with van der Waals surface area (Å²) in [4.78, 5) is 24.0. The number of ether oxygens (including phenoxy) is 2. The van der Waals surface area contributed by atoms with Crippen LogP contribution in [0.25, 0.3) is 0 Å². The number of carbonyl (C=O) groups excluding carboxylic acids is 2. The van der Waals surface area contributed by atoms with Gasteiger partial charge in [0.05, 0.1) is 12.7 Å². The molecule has 0 bridgehead atoms. The molecule has 7 heteroatoms. The number of alkyl carbamates (subject to hydrolysis) is 1. The lowest BCUT2D eigenvalue weighted by Crippen LogP contribution is -2.42. The van der Waals surface area contributed by atoms with Gasteiger partial charge in [-0.25, -0.2) is 9.59 Å². The van der Waals surface area contributed by atoms with Crippen LogP contribution in [0.4, 0.5) is 10.5 Å². The summed E-state index contributed by atoms with van der Waals surface area (Å²) in [6.45, 7) is 9.70. The highest BCUT2D eigenvalue weighted by Gasteiger charge is 2.28. The highest BCUT2D eigenvalue weighted by Crippen LogP contribution is 2.31. The van der Waals surface area contributed by atoms with Crippen LogP contribution in [-0.2, 0) is 9.47 Å². The van der Waals surface area contributed by atoms with Crippen LogP contribution in [0, 0.1) is 12.8 Å². The van der Waals surface area contributed by atoms with Gasteiger partial charge < -0.3 is 20.1 Å². The van der Waals surface area contributed by atoms with Crippen LogP contribution < -0.4 is 10.6 Å². The first-order valence-corrected chi connectivity index (χ1v) is 10.9. The van der Waals surface area contributed by atoms with Crippen LogP contribution in [0.15, 0.2) is 16.6 Å². The van der Waals surface area contributed by atoms with Crippen molar-refractivity contribution >= 4 is 33.7 Å². The van der Waals surface area contributed by atoms with Crippen molar-refractivity contribution in [2.45, 2.75) is 78.0 Å². The van der Waals surface area contributed by atoms with Gasteiger partial charge in [-0.1, -0.05) is 15.9 Å². The fourth-order valence-corrected chi connectivity index (χ4v) is 4.21. The summed E-state index contributed by atoms with van der Waals surface area (Å²) in [6, 6.07) is 4.18. The number of halogens is 1. The second kappa shape index (κ2) is 9.83. The van der Waals surface area contributed by atoms with E-state index >= 15 is 0 Å². The molecule has 1 unspecified atom stereocenters. The molecule has 0 aliphatic heterocycles. The van der Waals surface area contributed by atoms with E-state index in [-0.39, 0.29) is 24.1 Å². The summed E-state index contributed by atoms with van der Waals surface area (Å²) < 4.78 is 11.1. The number of rotatable bonds is 5. The first-order chi connectivity index (χ1) is 13.5. The Morgan fingerprint density at radius 3 is 2.34 bits per heavy atom. The molecule has 29 heavy (non-hydrogen) atoms. The molecule has 1 saturated carbocycles. The Morgan fingerprint density at radius 1 is 1.17 bits per heavy atom. The van der Waals surface area contributed by atoms with Crippen molar-refractivity contribution in [3.8, 4) is 0 Å². The lowest BCUT2D eigenvalue weighted by atomic mass is 9.82. The fourth-order valence-electron chi connectivity index (χ4n) is 3.75. The molecular weight excluding hydrogens is 436 g/mol. The average molecular weight is 469 g/mol. The van der Waals surface area contributed by atoms with E-state index in [0.29, 0.717) is 11.5 Å². The number of carbonyl (C=O) groups is 2. The first-order valence-electron chi connectivity index (χ1n) is 10.1. The summed E-state index contributed by atoms with van der Waals surface area (Å²) in [5.74, 6) is 0.153. The molecule has 0 heterocycles. The summed E-state index contributed by atoms with van der Waals surface area (Å²) in [5.41, 5.74) is 1.89. The van der Waals surface area contributed by atoms with Gasteiger partial charge in [0.25, 0.3) is 0 Å². The average Bonchev–Trinajstić information content (AvgIpc) is 2.62. The van der Waals surface area contributed by atoms with Gasteiger partial charge in [-0.15, -0.1) is 0 Å². The number of hydrogen-bond donors (Lipinski definition) is 2. The molecule has 0 saturated heterocycles. The zero-order valence-electron chi connectivity index (χ0n) is 18.2. The number of hydrogen-bond acceptors (Lipinski definition) is 5. The predicted molar refractivity (Wildman–Crippen MR) is 118 cm³/mol. The molecule has 1 aliphatic carbocycles. The van der Waals surface area contributed by atoms with Crippen molar-refractivity contribution in [2.24, 2.45) is 5.92 Å². The Hall–Kier alpha value is -1.76. The standard InChI is InChI=1S/C22H33BrN2O4/c1-13-18(20(26)28-6)11-16(23)12-19(13)24-14(2)15-7-9-17(10-8-15)25-21(27)29-22(3,4)5/h11-12,14-15,17,24H,7-10H2,1-6H3,(H,25,27)/t14?,15-,17-. The maximum absolute atomic E-state index is 12.0. The molecule has 1 aromatic carbocycles. The number of nitrogens with one attached hydrogen (secondary N) is 2. The Labute approximate surface area is 182 Å². The van der Waals surface area contributed by atoms with Gasteiger partial charge in [0.2, 0.25) is 0 Å². The van der Waals surface area contributed by atoms with Crippen LogP contribution in [0.3, 0.4) is 0 Å². The number of esters is 1. The number of amides is 1. The van der Waals surface area contributed by atoms with Gasteiger partial charge in [-0.3, -0.25) is 0 Å². The molecule has 1 atom stereocenters. The molecule has 1 amide bonds. The minimum absolute atomic E-state index is 0.159. The van der Waals surface area contributed by atoms with Gasteiger partial charge in [0.1, 0.15) is 5.60 Å². The van der Waals surface area contributed by atoms with Crippen LogP contribution >= 0.6 is 15.9 Å². The second-order valence-electron chi connectivity index (χ2n) is 8.81. The van der Waals surface area contributed by atoms with E-state index in [1.54, 1.807) is 6.07 Å². The first kappa shape index (κ1) is 23.5. The smallest absolute Gasteiger partial charge is 0.407 e. The Bertz CT molecular complexity index is 737. The van der Waals surface area contributed by atoms with Gasteiger partial charge in [-0.05, 0) is 83.9 Å². The van der Waals surface area contributed by atoms with Gasteiger partial charge in [0.15, 0.2) is 0 Å². The molecular formula is C22H33BrN2O4. The highest BCUT2D eigenvalue weighted by molar-refractivity contribution is 9.10. The van der Waals surface area contributed by atoms with Crippen LogP contribution in [-0.4, -0.2) is 36.9 Å². The van der Waals surface area contributed by atoms with Crippen molar-refractivity contribution < 1.29 is 19.1 Å². The SMILES string of the molecule is COC(=O)c1cc(Br)cc(NC(C)[C@H]2CC[C@H](NC(=O)OC(C)(C)C)CC2)c1C. The fraction of sp³-hybridized carbons (Fsp3) is 0.636.